The van der Waals surface area contributed by atoms with E-state index in [-0.39, 0.29) is 24.4 Å². The zero-order valence-electron chi connectivity index (χ0n) is 20.3. The third-order valence-corrected chi connectivity index (χ3v) is 5.36. The van der Waals surface area contributed by atoms with Gasteiger partial charge in [0.1, 0.15) is 6.04 Å². The van der Waals surface area contributed by atoms with Crippen LogP contribution in [0.5, 0.6) is 0 Å². The van der Waals surface area contributed by atoms with Gasteiger partial charge in [-0.05, 0) is 48.1 Å². The molecule has 33 heavy (non-hydrogen) atoms. The molecule has 0 spiro atoms. The number of alkyl carbamates (subject to hydrolysis) is 1. The van der Waals surface area contributed by atoms with Crippen molar-refractivity contribution >= 4 is 23.7 Å². The average Bonchev–Trinajstić information content (AvgIpc) is 2.74. The number of ketones is 1. The minimum atomic E-state index is -0.991. The Balaban J connectivity index is 2.12. The lowest BCUT2D eigenvalue weighted by Crippen LogP contribution is -2.55. The summed E-state index contributed by atoms with van der Waals surface area (Å²) in [7, 11) is 0. The van der Waals surface area contributed by atoms with E-state index in [9.17, 15) is 19.2 Å². The number of carbonyl (C=O) groups excluding carboxylic acids is 4. The molecule has 1 aromatic rings. The maximum atomic E-state index is 13.0. The first kappa shape index (κ1) is 26.4. The highest BCUT2D eigenvalue weighted by atomic mass is 16.5. The lowest BCUT2D eigenvalue weighted by Gasteiger charge is -2.26. The first-order valence-electron chi connectivity index (χ1n) is 11.6. The number of hydrogen-bond acceptors (Lipinski definition) is 5. The summed E-state index contributed by atoms with van der Waals surface area (Å²) in [6.45, 7) is 9.95. The summed E-state index contributed by atoms with van der Waals surface area (Å²) in [4.78, 5) is 50.4. The highest BCUT2D eigenvalue weighted by Gasteiger charge is 2.32. The molecular formula is C25H37N3O5. The van der Waals surface area contributed by atoms with E-state index < -0.39 is 35.8 Å². The number of benzene rings is 1. The smallest absolute Gasteiger partial charge is 0.407 e. The van der Waals surface area contributed by atoms with E-state index in [0.29, 0.717) is 13.0 Å². The molecule has 1 heterocycles. The topological polar surface area (TPSA) is 114 Å². The Hall–Kier alpha value is -2.90. The van der Waals surface area contributed by atoms with Crippen molar-refractivity contribution in [3.05, 3.63) is 35.4 Å². The van der Waals surface area contributed by atoms with Gasteiger partial charge in [-0.2, -0.15) is 0 Å². The maximum absolute atomic E-state index is 13.0. The normalized spacial score (nSPS) is 18.4. The molecule has 1 aliphatic heterocycles. The molecule has 0 aromatic heterocycles. The van der Waals surface area contributed by atoms with Crippen LogP contribution in [-0.4, -0.2) is 48.9 Å². The number of nitrogens with one attached hydrogen (secondary N) is 3. The molecule has 2 atom stereocenters. The summed E-state index contributed by atoms with van der Waals surface area (Å²) in [6.07, 6.45) is 1.65. The van der Waals surface area contributed by atoms with E-state index in [2.05, 4.69) is 22.0 Å². The molecule has 182 valence electrons. The molecule has 0 aliphatic carbocycles. The quantitative estimate of drug-likeness (QED) is 0.586. The number of fused-ring (bicyclic) bond motifs is 2. The van der Waals surface area contributed by atoms with Gasteiger partial charge in [-0.1, -0.05) is 58.9 Å². The number of carbonyl (C=O) groups is 4. The molecule has 8 nitrogen and oxygen atoms in total. The fourth-order valence-corrected chi connectivity index (χ4v) is 3.51. The molecule has 3 N–H and O–H groups in total. The molecule has 1 aromatic carbocycles. The Labute approximate surface area is 196 Å². The van der Waals surface area contributed by atoms with Crippen LogP contribution >= 0.6 is 0 Å². The van der Waals surface area contributed by atoms with Crippen LogP contribution in [0.3, 0.4) is 0 Å². The summed E-state index contributed by atoms with van der Waals surface area (Å²) in [5.74, 6) is -2.16. The molecule has 0 radical (unpaired) electrons. The lowest BCUT2D eigenvalue weighted by atomic mass is 9.97. The van der Waals surface area contributed by atoms with Gasteiger partial charge in [0.25, 0.3) is 5.91 Å². The van der Waals surface area contributed by atoms with Gasteiger partial charge >= 0.3 is 6.09 Å². The van der Waals surface area contributed by atoms with Gasteiger partial charge in [0.2, 0.25) is 11.7 Å². The average molecular weight is 460 g/mol. The van der Waals surface area contributed by atoms with Crippen LogP contribution in [0.4, 0.5) is 4.79 Å². The number of aryl methyl sites for hydroxylation is 2. The lowest BCUT2D eigenvalue weighted by molar-refractivity contribution is -0.140. The van der Waals surface area contributed by atoms with Gasteiger partial charge in [0.05, 0.1) is 12.6 Å². The number of hydrogen-bond donors (Lipinski definition) is 3. The molecule has 0 saturated carbocycles. The van der Waals surface area contributed by atoms with Crippen LogP contribution in [0, 0.1) is 11.3 Å². The summed E-state index contributed by atoms with van der Waals surface area (Å²) in [6, 6.07) is 6.19. The zero-order valence-corrected chi connectivity index (χ0v) is 20.3. The summed E-state index contributed by atoms with van der Waals surface area (Å²) in [5.41, 5.74) is 2.01. The van der Waals surface area contributed by atoms with Crippen molar-refractivity contribution in [2.75, 3.05) is 13.2 Å². The van der Waals surface area contributed by atoms with Crippen LogP contribution < -0.4 is 16.0 Å². The van der Waals surface area contributed by atoms with Gasteiger partial charge in [0, 0.05) is 6.54 Å². The van der Waals surface area contributed by atoms with Crippen molar-refractivity contribution in [3.63, 3.8) is 0 Å². The number of rotatable bonds is 5. The molecule has 2 unspecified atom stereocenters. The van der Waals surface area contributed by atoms with Gasteiger partial charge in [-0.25, -0.2) is 4.79 Å². The Morgan fingerprint density at radius 1 is 1.15 bits per heavy atom. The van der Waals surface area contributed by atoms with Crippen molar-refractivity contribution in [3.8, 4) is 0 Å². The van der Waals surface area contributed by atoms with Crippen LogP contribution in [0.15, 0.2) is 24.3 Å². The van der Waals surface area contributed by atoms with Crippen LogP contribution in [0.25, 0.3) is 0 Å². The minimum Gasteiger partial charge on any atom is -0.449 e. The minimum absolute atomic E-state index is 0.200. The van der Waals surface area contributed by atoms with Crippen LogP contribution in [-0.2, 0) is 32.0 Å². The van der Waals surface area contributed by atoms with Gasteiger partial charge in [-0.3, -0.25) is 14.4 Å². The largest absolute Gasteiger partial charge is 0.449 e. The Kier molecular flexibility index (Phi) is 9.44. The number of ether oxygens (including phenoxy) is 1. The van der Waals surface area contributed by atoms with Crippen LogP contribution in [0.2, 0.25) is 0 Å². The van der Waals surface area contributed by atoms with E-state index in [0.717, 1.165) is 18.4 Å². The summed E-state index contributed by atoms with van der Waals surface area (Å²) >= 11 is 0. The monoisotopic (exact) mass is 459 g/mol. The van der Waals surface area contributed by atoms with E-state index in [1.807, 2.05) is 39.0 Å². The highest BCUT2D eigenvalue weighted by Crippen LogP contribution is 2.14. The van der Waals surface area contributed by atoms with Crippen molar-refractivity contribution < 1.29 is 23.9 Å². The third-order valence-electron chi connectivity index (χ3n) is 5.36. The Morgan fingerprint density at radius 3 is 2.45 bits per heavy atom. The molecule has 0 fully saturated rings. The second kappa shape index (κ2) is 11.8. The first-order valence-corrected chi connectivity index (χ1v) is 11.6. The van der Waals surface area contributed by atoms with Gasteiger partial charge < -0.3 is 20.7 Å². The van der Waals surface area contributed by atoms with Crippen molar-refractivity contribution in [2.45, 2.75) is 72.4 Å². The Morgan fingerprint density at radius 2 is 1.82 bits per heavy atom. The number of Topliss-reactive ketones (excluding diaryl/α,β-unsaturated/α-hetero) is 1. The fraction of sp³-hybridized carbons (Fsp3) is 0.600. The number of amides is 3. The standard InChI is InChI=1S/C25H37N3O5/c1-16(2)20(28-24(32)33-15-25(3,4)5)22(30)27-19-12-11-18-9-6-8-17(14-18)10-7-13-26-23(31)21(19)29/h6,8-9,14,16,19-20H,7,10-13,15H2,1-5H3,(H,26,31)(H,27,30)(H,28,32). The molecule has 0 saturated heterocycles. The van der Waals surface area contributed by atoms with Gasteiger partial charge in [0.15, 0.2) is 0 Å². The van der Waals surface area contributed by atoms with E-state index in [1.54, 1.807) is 13.8 Å². The van der Waals surface area contributed by atoms with Crippen molar-refractivity contribution in [1.82, 2.24) is 16.0 Å². The van der Waals surface area contributed by atoms with Gasteiger partial charge in [-0.15, -0.1) is 0 Å². The second-order valence-electron chi connectivity index (χ2n) is 10.1. The van der Waals surface area contributed by atoms with E-state index in [4.69, 9.17) is 4.74 Å². The van der Waals surface area contributed by atoms with Crippen molar-refractivity contribution in [2.24, 2.45) is 11.3 Å². The molecule has 2 rings (SSSR count). The highest BCUT2D eigenvalue weighted by molar-refractivity contribution is 6.38. The molecular weight excluding hydrogens is 422 g/mol. The predicted molar refractivity (Wildman–Crippen MR) is 126 cm³/mol. The summed E-state index contributed by atoms with van der Waals surface area (Å²) < 4.78 is 5.22. The predicted octanol–water partition coefficient (Wildman–Crippen LogP) is 2.53. The molecule has 1 aliphatic rings. The van der Waals surface area contributed by atoms with E-state index >= 15 is 0 Å². The maximum Gasteiger partial charge on any atom is 0.407 e. The SMILES string of the molecule is CC(C)C(NC(=O)OCC(C)(C)C)C(=O)NC1CCc2cccc(c2)CCCNC(=O)C1=O. The van der Waals surface area contributed by atoms with Crippen molar-refractivity contribution in [1.29, 1.82) is 0 Å². The third kappa shape index (κ3) is 8.86. The Bertz CT molecular complexity index is 860. The van der Waals surface area contributed by atoms with Crippen LogP contribution in [0.1, 0.15) is 58.6 Å². The summed E-state index contributed by atoms with van der Waals surface area (Å²) in [5, 5.41) is 7.94. The second-order valence-corrected chi connectivity index (χ2v) is 10.1. The first-order chi connectivity index (χ1) is 15.5. The zero-order chi connectivity index (χ0) is 24.6. The van der Waals surface area contributed by atoms with E-state index in [1.165, 1.54) is 5.56 Å². The molecule has 3 amide bonds. The molecule has 2 bridgehead atoms. The fourth-order valence-electron chi connectivity index (χ4n) is 3.51. The molecule has 8 heteroatoms.